The van der Waals surface area contributed by atoms with E-state index < -0.39 is 0 Å². The fraction of sp³-hybridized carbons (Fsp3) is 0.471. The lowest BCUT2D eigenvalue weighted by atomic mass is 10.1. The standard InChI is InChI=1S/C17H23N3O/c1-11-5-8-15(9-12(11)2)21-17-16(10-18-14-6-7-14)13(3)19-20(17)4/h5,8-9,14,18H,6-7,10H2,1-4H3. The molecule has 0 radical (unpaired) electrons. The van der Waals surface area contributed by atoms with Gasteiger partial charge in [-0.2, -0.15) is 5.10 Å². The van der Waals surface area contributed by atoms with Gasteiger partial charge in [0.05, 0.1) is 11.3 Å². The number of nitrogens with one attached hydrogen (secondary N) is 1. The summed E-state index contributed by atoms with van der Waals surface area (Å²) in [4.78, 5) is 0. The number of hydrogen-bond donors (Lipinski definition) is 1. The van der Waals surface area contributed by atoms with Crippen molar-refractivity contribution in [2.45, 2.75) is 46.2 Å². The second kappa shape index (κ2) is 5.53. The minimum atomic E-state index is 0.680. The molecule has 112 valence electrons. The van der Waals surface area contributed by atoms with Crippen LogP contribution in [0, 0.1) is 20.8 Å². The van der Waals surface area contributed by atoms with Gasteiger partial charge in [-0.25, -0.2) is 4.68 Å². The maximum Gasteiger partial charge on any atom is 0.222 e. The normalized spacial score (nSPS) is 14.5. The number of hydrogen-bond acceptors (Lipinski definition) is 3. The molecule has 0 amide bonds. The number of nitrogens with zero attached hydrogens (tertiary/aromatic N) is 2. The summed E-state index contributed by atoms with van der Waals surface area (Å²) in [6, 6.07) is 6.87. The number of benzene rings is 1. The molecule has 2 aromatic rings. The predicted octanol–water partition coefficient (Wildman–Crippen LogP) is 3.39. The molecular formula is C17H23N3O. The van der Waals surface area contributed by atoms with Crippen molar-refractivity contribution in [3.8, 4) is 11.6 Å². The summed E-state index contributed by atoms with van der Waals surface area (Å²) in [5.41, 5.74) is 4.70. The molecule has 1 N–H and O–H groups in total. The first-order chi connectivity index (χ1) is 10.0. The van der Waals surface area contributed by atoms with Crippen molar-refractivity contribution in [2.24, 2.45) is 7.05 Å². The summed E-state index contributed by atoms with van der Waals surface area (Å²) in [6.07, 6.45) is 2.57. The maximum atomic E-state index is 6.11. The van der Waals surface area contributed by atoms with Crippen molar-refractivity contribution in [3.05, 3.63) is 40.6 Å². The zero-order valence-corrected chi connectivity index (χ0v) is 13.2. The number of aromatic nitrogens is 2. The van der Waals surface area contributed by atoms with Crippen LogP contribution in [0.25, 0.3) is 0 Å². The quantitative estimate of drug-likeness (QED) is 0.915. The zero-order chi connectivity index (χ0) is 15.0. The van der Waals surface area contributed by atoms with Crippen LogP contribution in [0.15, 0.2) is 18.2 Å². The molecule has 0 saturated heterocycles. The fourth-order valence-corrected chi connectivity index (χ4v) is 2.43. The van der Waals surface area contributed by atoms with Crippen molar-refractivity contribution in [2.75, 3.05) is 0 Å². The van der Waals surface area contributed by atoms with Gasteiger partial charge >= 0.3 is 0 Å². The van der Waals surface area contributed by atoms with Crippen LogP contribution in [0.5, 0.6) is 11.6 Å². The van der Waals surface area contributed by atoms with Crippen LogP contribution in [0.4, 0.5) is 0 Å². The highest BCUT2D eigenvalue weighted by molar-refractivity contribution is 5.39. The van der Waals surface area contributed by atoms with E-state index in [4.69, 9.17) is 4.74 Å². The molecule has 3 rings (SSSR count). The zero-order valence-electron chi connectivity index (χ0n) is 13.2. The molecule has 1 heterocycles. The van der Waals surface area contributed by atoms with E-state index in [1.165, 1.54) is 24.0 Å². The monoisotopic (exact) mass is 285 g/mol. The van der Waals surface area contributed by atoms with Gasteiger partial charge in [0.25, 0.3) is 0 Å². The molecule has 1 aromatic carbocycles. The second-order valence-corrected chi connectivity index (χ2v) is 6.00. The van der Waals surface area contributed by atoms with E-state index in [9.17, 15) is 0 Å². The van der Waals surface area contributed by atoms with Gasteiger partial charge < -0.3 is 10.1 Å². The Balaban J connectivity index is 1.84. The summed E-state index contributed by atoms with van der Waals surface area (Å²) >= 11 is 0. The van der Waals surface area contributed by atoms with Gasteiger partial charge in [0.15, 0.2) is 0 Å². The second-order valence-electron chi connectivity index (χ2n) is 6.00. The Morgan fingerprint density at radius 2 is 2.00 bits per heavy atom. The van der Waals surface area contributed by atoms with Crippen molar-refractivity contribution in [1.82, 2.24) is 15.1 Å². The largest absolute Gasteiger partial charge is 0.439 e. The number of rotatable bonds is 5. The van der Waals surface area contributed by atoms with Gasteiger partial charge in [-0.15, -0.1) is 0 Å². The van der Waals surface area contributed by atoms with Gasteiger partial charge in [0.1, 0.15) is 5.75 Å². The van der Waals surface area contributed by atoms with E-state index in [-0.39, 0.29) is 0 Å². The van der Waals surface area contributed by atoms with Crippen LogP contribution in [-0.2, 0) is 13.6 Å². The van der Waals surface area contributed by atoms with Crippen LogP contribution < -0.4 is 10.1 Å². The highest BCUT2D eigenvalue weighted by Gasteiger charge is 2.23. The van der Waals surface area contributed by atoms with E-state index >= 15 is 0 Å². The molecule has 0 unspecified atom stereocenters. The Kier molecular flexibility index (Phi) is 3.72. The lowest BCUT2D eigenvalue weighted by Gasteiger charge is -2.11. The summed E-state index contributed by atoms with van der Waals surface area (Å²) < 4.78 is 7.94. The smallest absolute Gasteiger partial charge is 0.222 e. The van der Waals surface area contributed by atoms with E-state index in [0.717, 1.165) is 29.4 Å². The minimum absolute atomic E-state index is 0.680. The van der Waals surface area contributed by atoms with Gasteiger partial charge in [0, 0.05) is 19.6 Å². The van der Waals surface area contributed by atoms with E-state index in [1.807, 2.05) is 24.7 Å². The van der Waals surface area contributed by atoms with Crippen molar-refractivity contribution in [3.63, 3.8) is 0 Å². The van der Waals surface area contributed by atoms with Gasteiger partial charge in [0.2, 0.25) is 5.88 Å². The third-order valence-corrected chi connectivity index (χ3v) is 4.13. The Morgan fingerprint density at radius 3 is 2.67 bits per heavy atom. The molecule has 0 spiro atoms. The lowest BCUT2D eigenvalue weighted by Crippen LogP contribution is -2.16. The fourth-order valence-electron chi connectivity index (χ4n) is 2.43. The van der Waals surface area contributed by atoms with Crippen molar-refractivity contribution >= 4 is 0 Å². The van der Waals surface area contributed by atoms with Crippen LogP contribution in [-0.4, -0.2) is 15.8 Å². The molecule has 0 atom stereocenters. The third-order valence-electron chi connectivity index (χ3n) is 4.13. The lowest BCUT2D eigenvalue weighted by molar-refractivity contribution is 0.423. The molecular weight excluding hydrogens is 262 g/mol. The first-order valence-electron chi connectivity index (χ1n) is 7.55. The van der Waals surface area contributed by atoms with Gasteiger partial charge in [-0.05, 0) is 56.9 Å². The van der Waals surface area contributed by atoms with Gasteiger partial charge in [-0.3, -0.25) is 0 Å². The predicted molar refractivity (Wildman–Crippen MR) is 83.8 cm³/mol. The van der Waals surface area contributed by atoms with Crippen LogP contribution in [0.3, 0.4) is 0 Å². The Labute approximate surface area is 126 Å². The molecule has 0 aliphatic heterocycles. The maximum absolute atomic E-state index is 6.11. The number of ether oxygens (including phenoxy) is 1. The highest BCUT2D eigenvalue weighted by Crippen LogP contribution is 2.29. The van der Waals surface area contributed by atoms with Crippen molar-refractivity contribution in [1.29, 1.82) is 0 Å². The summed E-state index contributed by atoms with van der Waals surface area (Å²) in [6.45, 7) is 7.08. The van der Waals surface area contributed by atoms with Crippen LogP contribution in [0.2, 0.25) is 0 Å². The van der Waals surface area contributed by atoms with Crippen LogP contribution in [0.1, 0.15) is 35.2 Å². The molecule has 21 heavy (non-hydrogen) atoms. The summed E-state index contributed by atoms with van der Waals surface area (Å²) in [5, 5.41) is 8.04. The van der Waals surface area contributed by atoms with E-state index in [0.29, 0.717) is 6.04 Å². The molecule has 1 aromatic heterocycles. The first-order valence-corrected chi connectivity index (χ1v) is 7.55. The Hall–Kier alpha value is -1.81. The molecule has 4 nitrogen and oxygen atoms in total. The third kappa shape index (κ3) is 3.10. The average molecular weight is 285 g/mol. The summed E-state index contributed by atoms with van der Waals surface area (Å²) in [5.74, 6) is 1.71. The summed E-state index contributed by atoms with van der Waals surface area (Å²) in [7, 11) is 1.93. The molecule has 1 aliphatic rings. The van der Waals surface area contributed by atoms with E-state index in [1.54, 1.807) is 0 Å². The molecule has 1 aliphatic carbocycles. The molecule has 1 fully saturated rings. The average Bonchev–Trinajstić information content (AvgIpc) is 3.21. The Bertz CT molecular complexity index is 656. The molecule has 1 saturated carbocycles. The first kappa shape index (κ1) is 14.1. The van der Waals surface area contributed by atoms with Gasteiger partial charge in [-0.1, -0.05) is 6.07 Å². The van der Waals surface area contributed by atoms with Crippen LogP contribution >= 0.6 is 0 Å². The number of aryl methyl sites for hydroxylation is 4. The van der Waals surface area contributed by atoms with E-state index in [2.05, 4.69) is 36.4 Å². The molecule has 0 bridgehead atoms. The minimum Gasteiger partial charge on any atom is -0.439 e. The highest BCUT2D eigenvalue weighted by atomic mass is 16.5. The molecule has 4 heteroatoms. The Morgan fingerprint density at radius 1 is 1.24 bits per heavy atom. The topological polar surface area (TPSA) is 39.1 Å². The SMILES string of the molecule is Cc1ccc(Oc2c(CNC3CC3)c(C)nn2C)cc1C. The van der Waals surface area contributed by atoms with Crippen molar-refractivity contribution < 1.29 is 4.74 Å².